The van der Waals surface area contributed by atoms with Crippen LogP contribution >= 0.6 is 0 Å². The van der Waals surface area contributed by atoms with Gasteiger partial charge in [-0.25, -0.2) is 0 Å². The maximum absolute atomic E-state index is 3.87. The zero-order valence-electron chi connectivity index (χ0n) is 14.4. The molecule has 1 N–H and O–H groups in total. The monoisotopic (exact) mass is 287 g/mol. The van der Waals surface area contributed by atoms with Gasteiger partial charge in [-0.3, -0.25) is 0 Å². The van der Waals surface area contributed by atoms with Crippen molar-refractivity contribution in [3.8, 4) is 0 Å². The van der Waals surface area contributed by atoms with Gasteiger partial charge in [-0.15, -0.1) is 0 Å². The predicted molar refractivity (Wildman–Crippen MR) is 92.7 cm³/mol. The summed E-state index contributed by atoms with van der Waals surface area (Å²) in [5.74, 6) is 1.59. The molecule has 1 heteroatoms. The van der Waals surface area contributed by atoms with Gasteiger partial charge in [0.25, 0.3) is 0 Å². The van der Waals surface area contributed by atoms with Gasteiger partial charge in [0.15, 0.2) is 0 Å². The normalized spacial score (nSPS) is 24.8. The lowest BCUT2D eigenvalue weighted by Crippen LogP contribution is -2.31. The van der Waals surface area contributed by atoms with Crippen molar-refractivity contribution in [1.82, 2.24) is 5.32 Å². The molecule has 21 heavy (non-hydrogen) atoms. The second-order valence-electron chi connectivity index (χ2n) is 7.19. The molecule has 0 bridgehead atoms. The van der Waals surface area contributed by atoms with Gasteiger partial charge in [-0.2, -0.15) is 0 Å². The second-order valence-corrected chi connectivity index (χ2v) is 7.19. The van der Waals surface area contributed by atoms with Crippen LogP contribution in [0.15, 0.2) is 24.3 Å². The molecule has 0 aromatic heterocycles. The van der Waals surface area contributed by atoms with E-state index in [1.807, 2.05) is 0 Å². The van der Waals surface area contributed by atoms with Gasteiger partial charge in [0.2, 0.25) is 0 Å². The highest BCUT2D eigenvalue weighted by Gasteiger charge is 2.19. The summed E-state index contributed by atoms with van der Waals surface area (Å²) < 4.78 is 0. The maximum Gasteiger partial charge on any atom is 0.0294 e. The van der Waals surface area contributed by atoms with Crippen molar-refractivity contribution >= 4 is 0 Å². The number of benzene rings is 1. The van der Waals surface area contributed by atoms with Gasteiger partial charge in [0, 0.05) is 12.1 Å². The Labute approximate surface area is 131 Å². The minimum absolute atomic E-state index is 0.467. The van der Waals surface area contributed by atoms with Crippen LogP contribution in [0.3, 0.4) is 0 Å². The second kappa shape index (κ2) is 7.98. The van der Waals surface area contributed by atoms with Crippen molar-refractivity contribution in [3.63, 3.8) is 0 Å². The Hall–Kier alpha value is -0.820. The minimum atomic E-state index is 0.467. The Morgan fingerprint density at radius 3 is 2.24 bits per heavy atom. The molecule has 1 aliphatic rings. The summed E-state index contributed by atoms with van der Waals surface area (Å²) in [6.07, 6.45) is 8.31. The Morgan fingerprint density at radius 1 is 0.952 bits per heavy atom. The molecule has 0 radical (unpaired) electrons. The summed E-state index contributed by atoms with van der Waals surface area (Å²) in [6, 6.07) is 10.4. The van der Waals surface area contributed by atoms with Gasteiger partial charge >= 0.3 is 0 Å². The van der Waals surface area contributed by atoms with Crippen molar-refractivity contribution in [3.05, 3.63) is 35.4 Å². The molecule has 1 fully saturated rings. The molecule has 1 saturated carbocycles. The molecule has 1 aromatic carbocycles. The van der Waals surface area contributed by atoms with E-state index in [2.05, 4.69) is 57.3 Å². The highest BCUT2D eigenvalue weighted by Crippen LogP contribution is 2.27. The first kappa shape index (κ1) is 16.5. The van der Waals surface area contributed by atoms with Gasteiger partial charge in [-0.1, -0.05) is 64.3 Å². The van der Waals surface area contributed by atoms with Crippen LogP contribution in [0.25, 0.3) is 0 Å². The zero-order chi connectivity index (χ0) is 15.2. The number of hydrogen-bond acceptors (Lipinski definition) is 1. The minimum Gasteiger partial charge on any atom is -0.307 e. The van der Waals surface area contributed by atoms with Crippen molar-refractivity contribution in [2.45, 2.75) is 84.2 Å². The van der Waals surface area contributed by atoms with E-state index >= 15 is 0 Å². The lowest BCUT2D eigenvalue weighted by molar-refractivity contribution is 0.400. The Balaban J connectivity index is 1.89. The van der Waals surface area contributed by atoms with Crippen LogP contribution in [-0.4, -0.2) is 6.04 Å². The van der Waals surface area contributed by atoms with Crippen LogP contribution in [-0.2, 0) is 0 Å². The van der Waals surface area contributed by atoms with Crippen molar-refractivity contribution < 1.29 is 0 Å². The molecule has 1 aliphatic carbocycles. The number of rotatable bonds is 5. The van der Waals surface area contributed by atoms with E-state index in [4.69, 9.17) is 0 Å². The van der Waals surface area contributed by atoms with Gasteiger partial charge in [-0.05, 0) is 49.1 Å². The van der Waals surface area contributed by atoms with Crippen molar-refractivity contribution in [2.24, 2.45) is 5.92 Å². The van der Waals surface area contributed by atoms with E-state index < -0.39 is 0 Å². The Bertz CT molecular complexity index is 406. The quantitative estimate of drug-likeness (QED) is 0.673. The lowest BCUT2D eigenvalue weighted by atomic mass is 9.97. The maximum atomic E-state index is 3.87. The standard InChI is InChI=1S/C20H33N/c1-5-17-7-6-8-20(14-9-17)21-16(4)19-12-10-18(11-13-19)15(2)3/h10-13,15-17,20-21H,5-9,14H2,1-4H3. The van der Waals surface area contributed by atoms with Crippen LogP contribution in [0, 0.1) is 5.92 Å². The van der Waals surface area contributed by atoms with E-state index in [1.165, 1.54) is 49.7 Å². The largest absolute Gasteiger partial charge is 0.307 e. The average Bonchev–Trinajstić information content (AvgIpc) is 2.72. The molecule has 118 valence electrons. The van der Waals surface area contributed by atoms with Gasteiger partial charge in [0.05, 0.1) is 0 Å². The summed E-state index contributed by atoms with van der Waals surface area (Å²) in [5.41, 5.74) is 2.86. The molecule has 1 aromatic rings. The summed E-state index contributed by atoms with van der Waals surface area (Å²) in [6.45, 7) is 9.17. The van der Waals surface area contributed by atoms with Crippen LogP contribution in [0.1, 0.15) is 89.3 Å². The SMILES string of the molecule is CCC1CCCC(NC(C)c2ccc(C(C)C)cc2)CC1. The smallest absolute Gasteiger partial charge is 0.0294 e. The fraction of sp³-hybridized carbons (Fsp3) is 0.700. The molecule has 3 atom stereocenters. The molecule has 0 amide bonds. The summed E-state index contributed by atoms with van der Waals surface area (Å²) in [7, 11) is 0. The van der Waals surface area contributed by atoms with Crippen LogP contribution < -0.4 is 5.32 Å². The molecule has 3 unspecified atom stereocenters. The Kier molecular flexibility index (Phi) is 6.29. The van der Waals surface area contributed by atoms with Gasteiger partial charge < -0.3 is 5.32 Å². The average molecular weight is 287 g/mol. The van der Waals surface area contributed by atoms with Crippen LogP contribution in [0.5, 0.6) is 0 Å². The fourth-order valence-corrected chi connectivity index (χ4v) is 3.57. The van der Waals surface area contributed by atoms with E-state index in [0.717, 1.165) is 5.92 Å². The van der Waals surface area contributed by atoms with Crippen molar-refractivity contribution in [2.75, 3.05) is 0 Å². The van der Waals surface area contributed by atoms with E-state index in [1.54, 1.807) is 0 Å². The topological polar surface area (TPSA) is 12.0 Å². The lowest BCUT2D eigenvalue weighted by Gasteiger charge is -2.23. The first-order valence-electron chi connectivity index (χ1n) is 8.96. The summed E-state index contributed by atoms with van der Waals surface area (Å²) in [5, 5.41) is 3.87. The highest BCUT2D eigenvalue weighted by atomic mass is 14.9. The third kappa shape index (κ3) is 4.85. The first-order chi connectivity index (χ1) is 10.1. The molecule has 2 rings (SSSR count). The third-order valence-corrected chi connectivity index (χ3v) is 5.25. The molecule has 0 spiro atoms. The third-order valence-electron chi connectivity index (χ3n) is 5.25. The van der Waals surface area contributed by atoms with Crippen LogP contribution in [0.4, 0.5) is 0 Å². The fourth-order valence-electron chi connectivity index (χ4n) is 3.57. The predicted octanol–water partition coefficient (Wildman–Crippen LogP) is 5.82. The molecular formula is C20H33N. The van der Waals surface area contributed by atoms with Gasteiger partial charge in [0.1, 0.15) is 0 Å². The van der Waals surface area contributed by atoms with E-state index in [-0.39, 0.29) is 0 Å². The summed E-state index contributed by atoms with van der Waals surface area (Å²) in [4.78, 5) is 0. The summed E-state index contributed by atoms with van der Waals surface area (Å²) >= 11 is 0. The molecular weight excluding hydrogens is 254 g/mol. The number of hydrogen-bond donors (Lipinski definition) is 1. The molecule has 1 nitrogen and oxygen atoms in total. The van der Waals surface area contributed by atoms with Crippen molar-refractivity contribution in [1.29, 1.82) is 0 Å². The number of nitrogens with one attached hydrogen (secondary N) is 1. The molecule has 0 saturated heterocycles. The molecule has 0 heterocycles. The van der Waals surface area contributed by atoms with E-state index in [0.29, 0.717) is 18.0 Å². The van der Waals surface area contributed by atoms with Crippen LogP contribution in [0.2, 0.25) is 0 Å². The Morgan fingerprint density at radius 2 is 1.62 bits per heavy atom. The highest BCUT2D eigenvalue weighted by molar-refractivity contribution is 5.26. The zero-order valence-corrected chi connectivity index (χ0v) is 14.4. The van der Waals surface area contributed by atoms with E-state index in [9.17, 15) is 0 Å². The first-order valence-corrected chi connectivity index (χ1v) is 8.96. The molecule has 0 aliphatic heterocycles.